The normalized spacial score (nSPS) is 14.7. The van der Waals surface area contributed by atoms with Gasteiger partial charge in [0.05, 0.1) is 15.3 Å². The van der Waals surface area contributed by atoms with Gasteiger partial charge in [-0.3, -0.25) is 4.98 Å². The number of aromatic nitrogens is 1. The SMILES string of the molecule is Cc1cc2ncc(S(=O)(=O)C3=CCC(F)=CC(F)=C3)c(-c3ccc(Cl)cc3)c2cc1F. The van der Waals surface area contributed by atoms with Crippen LogP contribution < -0.4 is 0 Å². The van der Waals surface area contributed by atoms with Crippen LogP contribution in [0.4, 0.5) is 13.2 Å². The van der Waals surface area contributed by atoms with E-state index in [4.69, 9.17) is 11.6 Å². The predicted octanol–water partition coefficient (Wildman–Crippen LogP) is 6.77. The summed E-state index contributed by atoms with van der Waals surface area (Å²) in [6.07, 6.45) is 3.27. The van der Waals surface area contributed by atoms with E-state index in [0.717, 1.165) is 18.3 Å². The van der Waals surface area contributed by atoms with Crippen molar-refractivity contribution in [1.82, 2.24) is 4.98 Å². The van der Waals surface area contributed by atoms with Crippen LogP contribution >= 0.6 is 11.6 Å². The van der Waals surface area contributed by atoms with Gasteiger partial charge in [-0.2, -0.15) is 0 Å². The smallest absolute Gasteiger partial charge is 0.208 e. The Morgan fingerprint density at radius 3 is 2.45 bits per heavy atom. The summed E-state index contributed by atoms with van der Waals surface area (Å²) < 4.78 is 68.9. The molecule has 0 radical (unpaired) electrons. The van der Waals surface area contributed by atoms with E-state index in [1.807, 2.05) is 0 Å². The largest absolute Gasteiger partial charge is 0.255 e. The second-order valence-electron chi connectivity index (χ2n) is 7.06. The number of hydrogen-bond donors (Lipinski definition) is 0. The lowest BCUT2D eigenvalue weighted by Crippen LogP contribution is -2.07. The molecular formula is C23H15ClF3NO2S. The molecule has 1 aliphatic rings. The number of allylic oxidation sites excluding steroid dienone is 5. The molecular weight excluding hydrogens is 447 g/mol. The highest BCUT2D eigenvalue weighted by atomic mass is 35.5. The summed E-state index contributed by atoms with van der Waals surface area (Å²) in [6.45, 7) is 1.58. The molecule has 1 aliphatic carbocycles. The van der Waals surface area contributed by atoms with Crippen molar-refractivity contribution in [2.45, 2.75) is 18.2 Å². The van der Waals surface area contributed by atoms with Gasteiger partial charge < -0.3 is 0 Å². The number of rotatable bonds is 3. The molecule has 1 aromatic heterocycles. The third-order valence-corrected chi connectivity index (χ3v) is 6.96. The molecule has 0 atom stereocenters. The Balaban J connectivity index is 2.04. The molecule has 0 aliphatic heterocycles. The summed E-state index contributed by atoms with van der Waals surface area (Å²) in [5.41, 5.74) is 1.41. The Morgan fingerprint density at radius 1 is 1.03 bits per heavy atom. The minimum atomic E-state index is -4.32. The van der Waals surface area contributed by atoms with Crippen LogP contribution in [0.1, 0.15) is 12.0 Å². The van der Waals surface area contributed by atoms with Gasteiger partial charge in [-0.05, 0) is 48.4 Å². The molecule has 3 nitrogen and oxygen atoms in total. The zero-order valence-corrected chi connectivity index (χ0v) is 17.7. The summed E-state index contributed by atoms with van der Waals surface area (Å²) in [6, 6.07) is 9.10. The van der Waals surface area contributed by atoms with Crippen molar-refractivity contribution in [2.75, 3.05) is 0 Å². The monoisotopic (exact) mass is 461 g/mol. The van der Waals surface area contributed by atoms with Gasteiger partial charge >= 0.3 is 0 Å². The van der Waals surface area contributed by atoms with Gasteiger partial charge in [0.2, 0.25) is 9.84 Å². The van der Waals surface area contributed by atoms with Crippen molar-refractivity contribution in [3.63, 3.8) is 0 Å². The fraction of sp³-hybridized carbons (Fsp3) is 0.0870. The van der Waals surface area contributed by atoms with E-state index in [0.29, 0.717) is 27.7 Å². The maximum Gasteiger partial charge on any atom is 0.208 e. The molecule has 2 aromatic carbocycles. The summed E-state index contributed by atoms with van der Waals surface area (Å²) in [5, 5.41) is 0.709. The number of aryl methyl sites for hydroxylation is 1. The van der Waals surface area contributed by atoms with E-state index in [2.05, 4.69) is 4.98 Å². The van der Waals surface area contributed by atoms with E-state index in [-0.39, 0.29) is 22.3 Å². The molecule has 4 rings (SSSR count). The van der Waals surface area contributed by atoms with Crippen LogP contribution in [-0.2, 0) is 9.84 Å². The average molecular weight is 462 g/mol. The van der Waals surface area contributed by atoms with Crippen molar-refractivity contribution < 1.29 is 21.6 Å². The molecule has 8 heteroatoms. The Labute approximate surface area is 182 Å². The first kappa shape index (κ1) is 21.3. The Bertz CT molecular complexity index is 1410. The highest BCUT2D eigenvalue weighted by Gasteiger charge is 2.27. The van der Waals surface area contributed by atoms with Crippen LogP contribution in [0.25, 0.3) is 22.0 Å². The molecule has 0 saturated heterocycles. The first-order chi connectivity index (χ1) is 14.7. The first-order valence-corrected chi connectivity index (χ1v) is 11.1. The number of hydrogen-bond acceptors (Lipinski definition) is 3. The maximum absolute atomic E-state index is 14.4. The Hall–Kier alpha value is -2.90. The number of fused-ring (bicyclic) bond motifs is 1. The predicted molar refractivity (Wildman–Crippen MR) is 115 cm³/mol. The van der Waals surface area contributed by atoms with Gasteiger partial charge in [-0.15, -0.1) is 0 Å². The number of pyridine rings is 1. The van der Waals surface area contributed by atoms with Crippen molar-refractivity contribution in [3.05, 3.63) is 93.8 Å². The van der Waals surface area contributed by atoms with Crippen LogP contribution in [0, 0.1) is 12.7 Å². The summed E-state index contributed by atoms with van der Waals surface area (Å²) in [7, 11) is -4.32. The van der Waals surface area contributed by atoms with E-state index in [1.54, 1.807) is 31.2 Å². The second-order valence-corrected chi connectivity index (χ2v) is 9.41. The van der Waals surface area contributed by atoms with Gasteiger partial charge in [0.1, 0.15) is 17.5 Å². The van der Waals surface area contributed by atoms with Crippen LogP contribution in [0.2, 0.25) is 5.02 Å². The van der Waals surface area contributed by atoms with Gasteiger partial charge in [0.25, 0.3) is 0 Å². The molecule has 0 unspecified atom stereocenters. The van der Waals surface area contributed by atoms with Crippen LogP contribution in [-0.4, -0.2) is 13.4 Å². The van der Waals surface area contributed by atoms with Crippen LogP contribution in [0.5, 0.6) is 0 Å². The highest BCUT2D eigenvalue weighted by molar-refractivity contribution is 7.95. The number of halogens is 4. The van der Waals surface area contributed by atoms with Gasteiger partial charge in [0.15, 0.2) is 0 Å². The zero-order chi connectivity index (χ0) is 22.3. The first-order valence-electron chi connectivity index (χ1n) is 9.20. The van der Waals surface area contributed by atoms with E-state index >= 15 is 0 Å². The van der Waals surface area contributed by atoms with Crippen molar-refractivity contribution in [2.24, 2.45) is 0 Å². The second kappa shape index (κ2) is 7.98. The third kappa shape index (κ3) is 4.03. The van der Waals surface area contributed by atoms with Crippen molar-refractivity contribution >= 4 is 32.3 Å². The lowest BCUT2D eigenvalue weighted by molar-refractivity contribution is 0.600. The molecule has 31 heavy (non-hydrogen) atoms. The molecule has 0 bridgehead atoms. The van der Waals surface area contributed by atoms with E-state index < -0.39 is 32.2 Å². The van der Waals surface area contributed by atoms with Crippen molar-refractivity contribution in [1.29, 1.82) is 0 Å². The topological polar surface area (TPSA) is 47.0 Å². The minimum Gasteiger partial charge on any atom is -0.255 e. The molecule has 3 aromatic rings. The highest BCUT2D eigenvalue weighted by Crippen LogP contribution is 2.38. The molecule has 158 valence electrons. The lowest BCUT2D eigenvalue weighted by Gasteiger charge is -2.15. The molecule has 1 heterocycles. The summed E-state index contributed by atoms with van der Waals surface area (Å²) in [4.78, 5) is 3.55. The van der Waals surface area contributed by atoms with E-state index in [9.17, 15) is 21.6 Å². The number of benzene rings is 2. The fourth-order valence-corrected chi connectivity index (χ4v) is 5.01. The lowest BCUT2D eigenvalue weighted by atomic mass is 10.00. The molecule has 0 N–H and O–H groups in total. The van der Waals surface area contributed by atoms with Gasteiger partial charge in [-0.25, -0.2) is 21.6 Å². The molecule has 0 fully saturated rings. The standard InChI is InChI=1S/C23H15ClF3NO2S/c1-13-8-21-19(11-20(13)27)23(14-2-4-15(24)5-3-14)22(12-28-21)31(29,30)18-7-6-16(25)9-17(26)10-18/h2-5,7-12H,6H2,1H3. The maximum atomic E-state index is 14.4. The summed E-state index contributed by atoms with van der Waals surface area (Å²) >= 11 is 5.97. The van der Waals surface area contributed by atoms with Crippen molar-refractivity contribution in [3.8, 4) is 11.1 Å². The van der Waals surface area contributed by atoms with Gasteiger partial charge in [0, 0.05) is 34.7 Å². The minimum absolute atomic E-state index is 0.202. The molecule has 0 spiro atoms. The quantitative estimate of drug-likeness (QED) is 0.432. The molecule has 0 saturated carbocycles. The fourth-order valence-electron chi connectivity index (χ4n) is 3.37. The Kier molecular flexibility index (Phi) is 5.49. The number of nitrogens with zero attached hydrogens (tertiary/aromatic N) is 1. The molecule has 0 amide bonds. The van der Waals surface area contributed by atoms with Crippen LogP contribution in [0.15, 0.2) is 82.3 Å². The average Bonchev–Trinajstić information content (AvgIpc) is 2.89. The van der Waals surface area contributed by atoms with E-state index in [1.165, 1.54) is 12.1 Å². The zero-order valence-electron chi connectivity index (χ0n) is 16.2. The summed E-state index contributed by atoms with van der Waals surface area (Å²) in [5.74, 6) is -2.34. The van der Waals surface area contributed by atoms with Crippen LogP contribution in [0.3, 0.4) is 0 Å². The number of sulfone groups is 1. The Morgan fingerprint density at radius 2 is 1.74 bits per heavy atom. The van der Waals surface area contributed by atoms with Gasteiger partial charge in [-0.1, -0.05) is 29.8 Å². The third-order valence-electron chi connectivity index (χ3n) is 4.92.